The van der Waals surface area contributed by atoms with Crippen molar-refractivity contribution in [3.63, 3.8) is 0 Å². The number of carbonyl (C=O) groups is 2. The number of carbonyl (C=O) groups excluding carboxylic acids is 2. The topological polar surface area (TPSA) is 49.4 Å². The van der Waals surface area contributed by atoms with Crippen molar-refractivity contribution in [2.75, 3.05) is 4.90 Å². The fourth-order valence-corrected chi connectivity index (χ4v) is 3.97. The van der Waals surface area contributed by atoms with Gasteiger partial charge in [0.25, 0.3) is 5.91 Å². The summed E-state index contributed by atoms with van der Waals surface area (Å²) in [4.78, 5) is 26.8. The average Bonchev–Trinajstić information content (AvgIpc) is 2.89. The summed E-state index contributed by atoms with van der Waals surface area (Å²) in [5.74, 6) is -0.216. The maximum atomic E-state index is 12.9. The first-order valence-corrected chi connectivity index (χ1v) is 8.84. The molecule has 0 spiro atoms. The van der Waals surface area contributed by atoms with Gasteiger partial charge in [-0.05, 0) is 24.3 Å². The number of anilines is 1. The zero-order valence-corrected chi connectivity index (χ0v) is 13.7. The maximum absolute atomic E-state index is 12.9. The lowest BCUT2D eigenvalue weighted by molar-refractivity contribution is -0.121. The molecule has 2 fully saturated rings. The molecule has 4 rings (SSSR count). The van der Waals surface area contributed by atoms with Crippen molar-refractivity contribution in [2.45, 2.75) is 50.6 Å². The Labute approximate surface area is 141 Å². The molecule has 1 saturated heterocycles. The summed E-state index contributed by atoms with van der Waals surface area (Å²) in [5.41, 5.74) is 0.705. The van der Waals surface area contributed by atoms with Crippen LogP contribution in [0.4, 0.5) is 5.69 Å². The predicted octanol–water partition coefficient (Wildman–Crippen LogP) is 3.39. The Morgan fingerprint density at radius 3 is 2.50 bits per heavy atom. The van der Waals surface area contributed by atoms with Crippen molar-refractivity contribution in [1.29, 1.82) is 0 Å². The summed E-state index contributed by atoms with van der Waals surface area (Å²) in [6.07, 6.45) is 6.16. The Morgan fingerprint density at radius 2 is 1.67 bits per heavy atom. The molecule has 1 N–H and O–H groups in total. The summed E-state index contributed by atoms with van der Waals surface area (Å²) in [5, 5.41) is 5.42. The zero-order chi connectivity index (χ0) is 16.5. The monoisotopic (exact) mass is 322 g/mol. The minimum Gasteiger partial charge on any atom is -0.303 e. The first-order valence-electron chi connectivity index (χ1n) is 8.84. The van der Waals surface area contributed by atoms with Crippen LogP contribution in [0, 0.1) is 0 Å². The maximum Gasteiger partial charge on any atom is 0.251 e. The van der Waals surface area contributed by atoms with E-state index in [1.807, 2.05) is 42.5 Å². The molecule has 24 heavy (non-hydrogen) atoms. The number of nitrogens with zero attached hydrogens (tertiary/aromatic N) is 1. The Kier molecular flexibility index (Phi) is 4.07. The number of benzene rings is 2. The van der Waals surface area contributed by atoms with Gasteiger partial charge in [0.15, 0.2) is 0 Å². The normalized spacial score (nSPS) is 22.5. The molecule has 2 aromatic carbocycles. The highest BCUT2D eigenvalue weighted by Gasteiger charge is 2.40. The third-order valence-corrected chi connectivity index (χ3v) is 5.20. The van der Waals surface area contributed by atoms with Crippen LogP contribution in [0.15, 0.2) is 42.5 Å². The van der Waals surface area contributed by atoms with Gasteiger partial charge in [0.05, 0.1) is 18.2 Å². The summed E-state index contributed by atoms with van der Waals surface area (Å²) in [6, 6.07) is 13.6. The molecular formula is C20H22N2O2. The first kappa shape index (κ1) is 15.3. The lowest BCUT2D eigenvalue weighted by atomic mass is 9.95. The number of rotatable bonds is 3. The third-order valence-electron chi connectivity index (χ3n) is 5.20. The van der Waals surface area contributed by atoms with Crippen LogP contribution in [-0.4, -0.2) is 23.9 Å². The molecule has 1 aliphatic carbocycles. The van der Waals surface area contributed by atoms with Crippen LogP contribution in [-0.2, 0) is 9.59 Å². The molecule has 1 unspecified atom stereocenters. The fourth-order valence-electron chi connectivity index (χ4n) is 3.97. The fraction of sp³-hybridized carbons (Fsp3) is 0.400. The first-order chi connectivity index (χ1) is 11.7. The van der Waals surface area contributed by atoms with Crippen molar-refractivity contribution in [1.82, 2.24) is 5.32 Å². The van der Waals surface area contributed by atoms with E-state index in [2.05, 4.69) is 5.32 Å². The van der Waals surface area contributed by atoms with Crippen LogP contribution in [0.3, 0.4) is 0 Å². The SMILES string of the molecule is O=C1CC(NC2CCCCC2)C(=O)N1c1cccc2ccccc12. The van der Waals surface area contributed by atoms with Gasteiger partial charge in [-0.15, -0.1) is 0 Å². The highest BCUT2D eigenvalue weighted by Crippen LogP contribution is 2.31. The van der Waals surface area contributed by atoms with E-state index in [4.69, 9.17) is 0 Å². The molecule has 1 atom stereocenters. The molecule has 1 aliphatic heterocycles. The standard InChI is InChI=1S/C20H22N2O2/c23-19-13-17(21-15-9-2-1-3-10-15)20(24)22(19)18-12-6-8-14-7-4-5-11-16(14)18/h4-8,11-12,15,17,21H,1-3,9-10,13H2. The lowest BCUT2D eigenvalue weighted by Crippen LogP contribution is -2.44. The van der Waals surface area contributed by atoms with Gasteiger partial charge in [-0.2, -0.15) is 0 Å². The van der Waals surface area contributed by atoms with Crippen LogP contribution in [0.2, 0.25) is 0 Å². The van der Waals surface area contributed by atoms with Crippen molar-refractivity contribution in [3.05, 3.63) is 42.5 Å². The van der Waals surface area contributed by atoms with Gasteiger partial charge in [-0.25, -0.2) is 4.90 Å². The summed E-state index contributed by atoms with van der Waals surface area (Å²) < 4.78 is 0. The largest absolute Gasteiger partial charge is 0.303 e. The second-order valence-electron chi connectivity index (χ2n) is 6.82. The number of fused-ring (bicyclic) bond motifs is 1. The Balaban J connectivity index is 1.61. The molecule has 2 amide bonds. The molecule has 124 valence electrons. The number of amides is 2. The van der Waals surface area contributed by atoms with Crippen LogP contribution in [0.1, 0.15) is 38.5 Å². The molecule has 0 bridgehead atoms. The van der Waals surface area contributed by atoms with Gasteiger partial charge < -0.3 is 5.32 Å². The summed E-state index contributed by atoms with van der Waals surface area (Å²) >= 11 is 0. The van der Waals surface area contributed by atoms with Crippen LogP contribution in [0.25, 0.3) is 10.8 Å². The smallest absolute Gasteiger partial charge is 0.251 e. The Bertz CT molecular complexity index is 775. The van der Waals surface area contributed by atoms with Crippen LogP contribution < -0.4 is 10.2 Å². The van der Waals surface area contributed by atoms with Crippen LogP contribution in [0.5, 0.6) is 0 Å². The van der Waals surface area contributed by atoms with Gasteiger partial charge in [0.2, 0.25) is 5.91 Å². The summed E-state index contributed by atoms with van der Waals surface area (Å²) in [7, 11) is 0. The van der Waals surface area contributed by atoms with E-state index >= 15 is 0 Å². The van der Waals surface area contributed by atoms with E-state index in [1.165, 1.54) is 24.2 Å². The second-order valence-corrected chi connectivity index (χ2v) is 6.82. The van der Waals surface area contributed by atoms with Crippen molar-refractivity contribution in [2.24, 2.45) is 0 Å². The highest BCUT2D eigenvalue weighted by molar-refractivity contribution is 6.25. The lowest BCUT2D eigenvalue weighted by Gasteiger charge is -2.25. The molecule has 1 saturated carbocycles. The number of hydrogen-bond acceptors (Lipinski definition) is 3. The molecule has 1 heterocycles. The molecule has 0 aromatic heterocycles. The molecule has 4 nitrogen and oxygen atoms in total. The minimum absolute atomic E-state index is 0.107. The van der Waals surface area contributed by atoms with Crippen molar-refractivity contribution in [3.8, 4) is 0 Å². The molecular weight excluding hydrogens is 300 g/mol. The number of hydrogen-bond donors (Lipinski definition) is 1. The molecule has 4 heteroatoms. The highest BCUT2D eigenvalue weighted by atomic mass is 16.2. The van der Waals surface area contributed by atoms with Gasteiger partial charge in [-0.3, -0.25) is 9.59 Å². The molecule has 0 radical (unpaired) electrons. The van der Waals surface area contributed by atoms with Crippen LogP contribution >= 0.6 is 0 Å². The van der Waals surface area contributed by atoms with E-state index in [1.54, 1.807) is 0 Å². The minimum atomic E-state index is -0.375. The van der Waals surface area contributed by atoms with E-state index in [0.717, 1.165) is 23.6 Å². The van der Waals surface area contributed by atoms with Crippen molar-refractivity contribution < 1.29 is 9.59 Å². The number of imide groups is 1. The van der Waals surface area contributed by atoms with E-state index in [0.29, 0.717) is 11.7 Å². The van der Waals surface area contributed by atoms with E-state index in [9.17, 15) is 9.59 Å². The second kappa shape index (κ2) is 6.36. The zero-order valence-electron chi connectivity index (χ0n) is 13.7. The van der Waals surface area contributed by atoms with Crippen molar-refractivity contribution >= 4 is 28.3 Å². The van der Waals surface area contributed by atoms with E-state index in [-0.39, 0.29) is 24.3 Å². The average molecular weight is 322 g/mol. The Morgan fingerprint density at radius 1 is 0.917 bits per heavy atom. The quantitative estimate of drug-likeness (QED) is 0.881. The Hall–Kier alpha value is -2.20. The van der Waals surface area contributed by atoms with Gasteiger partial charge in [-0.1, -0.05) is 55.7 Å². The summed E-state index contributed by atoms with van der Waals surface area (Å²) in [6.45, 7) is 0. The van der Waals surface area contributed by atoms with Gasteiger partial charge in [0, 0.05) is 11.4 Å². The van der Waals surface area contributed by atoms with E-state index < -0.39 is 0 Å². The molecule has 2 aromatic rings. The van der Waals surface area contributed by atoms with Gasteiger partial charge in [0.1, 0.15) is 0 Å². The van der Waals surface area contributed by atoms with Gasteiger partial charge >= 0.3 is 0 Å². The number of nitrogens with one attached hydrogen (secondary N) is 1. The third kappa shape index (κ3) is 2.71. The molecule has 2 aliphatic rings. The predicted molar refractivity (Wildman–Crippen MR) is 94.9 cm³/mol.